The molecule has 1 fully saturated rings. The zero-order valence-corrected chi connectivity index (χ0v) is 11.5. The van der Waals surface area contributed by atoms with Gasteiger partial charge in [-0.1, -0.05) is 17.7 Å². The number of hydrogen-bond acceptors (Lipinski definition) is 2. The number of nitrogens with one attached hydrogen (secondary N) is 1. The minimum Gasteiger partial charge on any atom is -0.371 e. The molecule has 2 nitrogen and oxygen atoms in total. The highest BCUT2D eigenvalue weighted by Crippen LogP contribution is 2.25. The number of benzene rings is 1. The fraction of sp³-hybridized carbons (Fsp3) is 0.600. The van der Waals surface area contributed by atoms with E-state index >= 15 is 0 Å². The van der Waals surface area contributed by atoms with Crippen LogP contribution in [0.2, 0.25) is 0 Å². The topological polar surface area (TPSA) is 15.3 Å². The first-order valence-electron chi connectivity index (χ1n) is 6.61. The van der Waals surface area contributed by atoms with Gasteiger partial charge in [-0.3, -0.25) is 0 Å². The predicted molar refractivity (Wildman–Crippen MR) is 74.8 cm³/mol. The highest BCUT2D eigenvalue weighted by atomic mass is 15.2. The molecule has 0 amide bonds. The van der Waals surface area contributed by atoms with Crippen LogP contribution in [-0.4, -0.2) is 25.7 Å². The van der Waals surface area contributed by atoms with Crippen molar-refractivity contribution in [2.45, 2.75) is 45.7 Å². The Morgan fingerprint density at radius 1 is 1.29 bits per heavy atom. The average molecular weight is 232 g/mol. The van der Waals surface area contributed by atoms with Gasteiger partial charge in [-0.2, -0.15) is 0 Å². The van der Waals surface area contributed by atoms with Crippen molar-refractivity contribution >= 4 is 5.69 Å². The fourth-order valence-corrected chi connectivity index (χ4v) is 2.86. The van der Waals surface area contributed by atoms with E-state index in [2.05, 4.69) is 56.2 Å². The second kappa shape index (κ2) is 5.09. The Morgan fingerprint density at radius 2 is 2.06 bits per heavy atom. The third-order valence-electron chi connectivity index (χ3n) is 3.88. The number of hydrogen-bond donors (Lipinski definition) is 1. The summed E-state index contributed by atoms with van der Waals surface area (Å²) >= 11 is 0. The molecular formula is C15H24N2. The number of aryl methyl sites for hydroxylation is 2. The standard InChI is InChI=1S/C15H24N2/c1-11-5-6-15(12(2)9-11)17(4)14-7-8-16-13(3)10-14/h5-6,9,13-14,16H,7-8,10H2,1-4H3. The van der Waals surface area contributed by atoms with Crippen LogP contribution in [0.25, 0.3) is 0 Å². The molecule has 2 unspecified atom stereocenters. The number of nitrogens with zero attached hydrogens (tertiary/aromatic N) is 1. The molecule has 1 aromatic rings. The monoisotopic (exact) mass is 232 g/mol. The van der Waals surface area contributed by atoms with E-state index in [9.17, 15) is 0 Å². The molecule has 0 bridgehead atoms. The van der Waals surface area contributed by atoms with Crippen molar-refractivity contribution < 1.29 is 0 Å². The molecule has 1 saturated heterocycles. The zero-order chi connectivity index (χ0) is 12.4. The summed E-state index contributed by atoms with van der Waals surface area (Å²) in [6, 6.07) is 8.06. The van der Waals surface area contributed by atoms with E-state index in [1.165, 1.54) is 29.7 Å². The molecule has 2 rings (SSSR count). The van der Waals surface area contributed by atoms with E-state index in [1.807, 2.05) is 0 Å². The van der Waals surface area contributed by atoms with Gasteiger partial charge in [0.15, 0.2) is 0 Å². The maximum absolute atomic E-state index is 3.52. The Hall–Kier alpha value is -1.02. The molecule has 0 radical (unpaired) electrons. The molecule has 1 aliphatic rings. The Labute approximate surface area is 105 Å². The molecule has 2 atom stereocenters. The first kappa shape index (κ1) is 12.4. The average Bonchev–Trinajstić information content (AvgIpc) is 2.28. The maximum Gasteiger partial charge on any atom is 0.0396 e. The Balaban J connectivity index is 2.15. The third kappa shape index (κ3) is 2.81. The van der Waals surface area contributed by atoms with Gasteiger partial charge in [-0.05, 0) is 51.8 Å². The summed E-state index contributed by atoms with van der Waals surface area (Å²) in [6.07, 6.45) is 2.48. The molecule has 94 valence electrons. The second-order valence-electron chi connectivity index (χ2n) is 5.43. The van der Waals surface area contributed by atoms with Crippen LogP contribution in [0.3, 0.4) is 0 Å². The van der Waals surface area contributed by atoms with Gasteiger partial charge in [0.1, 0.15) is 0 Å². The fourth-order valence-electron chi connectivity index (χ4n) is 2.86. The highest BCUT2D eigenvalue weighted by Gasteiger charge is 2.22. The number of anilines is 1. The summed E-state index contributed by atoms with van der Waals surface area (Å²) in [6.45, 7) is 7.79. The van der Waals surface area contributed by atoms with Crippen LogP contribution in [0.1, 0.15) is 30.9 Å². The molecule has 0 aromatic heterocycles. The highest BCUT2D eigenvalue weighted by molar-refractivity contribution is 5.54. The van der Waals surface area contributed by atoms with Crippen LogP contribution in [0.4, 0.5) is 5.69 Å². The van der Waals surface area contributed by atoms with Gasteiger partial charge in [-0.25, -0.2) is 0 Å². The lowest BCUT2D eigenvalue weighted by Crippen LogP contribution is -2.45. The van der Waals surface area contributed by atoms with Crippen molar-refractivity contribution in [3.05, 3.63) is 29.3 Å². The lowest BCUT2D eigenvalue weighted by atomic mass is 9.98. The Bertz CT molecular complexity index is 387. The summed E-state index contributed by atoms with van der Waals surface area (Å²) in [5.41, 5.74) is 4.12. The largest absolute Gasteiger partial charge is 0.371 e. The lowest BCUT2D eigenvalue weighted by molar-refractivity contribution is 0.371. The lowest BCUT2D eigenvalue weighted by Gasteiger charge is -2.37. The van der Waals surface area contributed by atoms with E-state index in [0.29, 0.717) is 12.1 Å². The summed E-state index contributed by atoms with van der Waals surface area (Å²) in [5.74, 6) is 0. The predicted octanol–water partition coefficient (Wildman–Crippen LogP) is 2.88. The molecular weight excluding hydrogens is 208 g/mol. The molecule has 1 N–H and O–H groups in total. The molecule has 2 heteroatoms. The van der Waals surface area contributed by atoms with Crippen molar-refractivity contribution in [2.24, 2.45) is 0 Å². The smallest absolute Gasteiger partial charge is 0.0396 e. The zero-order valence-electron chi connectivity index (χ0n) is 11.5. The van der Waals surface area contributed by atoms with Crippen LogP contribution in [-0.2, 0) is 0 Å². The molecule has 17 heavy (non-hydrogen) atoms. The molecule has 1 aliphatic heterocycles. The van der Waals surface area contributed by atoms with E-state index in [-0.39, 0.29) is 0 Å². The van der Waals surface area contributed by atoms with Gasteiger partial charge in [0.25, 0.3) is 0 Å². The van der Waals surface area contributed by atoms with Gasteiger partial charge >= 0.3 is 0 Å². The molecule has 0 aliphatic carbocycles. The molecule has 0 saturated carbocycles. The first-order chi connectivity index (χ1) is 8.08. The van der Waals surface area contributed by atoms with Crippen LogP contribution in [0.15, 0.2) is 18.2 Å². The SMILES string of the molecule is Cc1ccc(N(C)C2CCNC(C)C2)c(C)c1. The maximum atomic E-state index is 3.52. The Morgan fingerprint density at radius 3 is 2.71 bits per heavy atom. The van der Waals surface area contributed by atoms with Crippen molar-refractivity contribution in [1.82, 2.24) is 5.32 Å². The molecule has 0 spiro atoms. The van der Waals surface area contributed by atoms with E-state index < -0.39 is 0 Å². The van der Waals surface area contributed by atoms with Crippen molar-refractivity contribution in [1.29, 1.82) is 0 Å². The number of rotatable bonds is 2. The van der Waals surface area contributed by atoms with Crippen LogP contribution in [0, 0.1) is 13.8 Å². The van der Waals surface area contributed by atoms with Crippen molar-refractivity contribution in [3.8, 4) is 0 Å². The molecule has 1 aromatic carbocycles. The minimum absolute atomic E-state index is 0.641. The van der Waals surface area contributed by atoms with Crippen LogP contribution < -0.4 is 10.2 Å². The quantitative estimate of drug-likeness (QED) is 0.843. The minimum atomic E-state index is 0.641. The normalized spacial score (nSPS) is 24.7. The van der Waals surface area contributed by atoms with E-state index in [0.717, 1.165) is 6.54 Å². The van der Waals surface area contributed by atoms with Crippen LogP contribution in [0.5, 0.6) is 0 Å². The van der Waals surface area contributed by atoms with Crippen LogP contribution >= 0.6 is 0 Å². The van der Waals surface area contributed by atoms with Crippen molar-refractivity contribution in [2.75, 3.05) is 18.5 Å². The first-order valence-corrected chi connectivity index (χ1v) is 6.61. The summed E-state index contributed by atoms with van der Waals surface area (Å²) < 4.78 is 0. The van der Waals surface area contributed by atoms with Gasteiger partial charge in [0, 0.05) is 24.8 Å². The van der Waals surface area contributed by atoms with Gasteiger partial charge < -0.3 is 10.2 Å². The van der Waals surface area contributed by atoms with Gasteiger partial charge in [0.2, 0.25) is 0 Å². The Kier molecular flexibility index (Phi) is 3.72. The summed E-state index contributed by atoms with van der Waals surface area (Å²) in [5, 5.41) is 3.52. The van der Waals surface area contributed by atoms with E-state index in [1.54, 1.807) is 0 Å². The van der Waals surface area contributed by atoms with Gasteiger partial charge in [-0.15, -0.1) is 0 Å². The third-order valence-corrected chi connectivity index (χ3v) is 3.88. The summed E-state index contributed by atoms with van der Waals surface area (Å²) in [7, 11) is 2.24. The summed E-state index contributed by atoms with van der Waals surface area (Å²) in [4.78, 5) is 2.46. The molecule has 1 heterocycles. The van der Waals surface area contributed by atoms with E-state index in [4.69, 9.17) is 0 Å². The number of piperidine rings is 1. The van der Waals surface area contributed by atoms with Crippen molar-refractivity contribution in [3.63, 3.8) is 0 Å². The second-order valence-corrected chi connectivity index (χ2v) is 5.43. The van der Waals surface area contributed by atoms with Gasteiger partial charge in [0.05, 0.1) is 0 Å².